The van der Waals surface area contributed by atoms with Gasteiger partial charge in [0, 0.05) is 24.0 Å². The molecule has 1 N–H and O–H groups in total. The Bertz CT molecular complexity index is 527. The molecule has 4 nitrogen and oxygen atoms in total. The molecule has 0 unspecified atom stereocenters. The monoisotopic (exact) mass is 288 g/mol. The fraction of sp³-hybridized carbons (Fsp3) is 0.529. The predicted molar refractivity (Wildman–Crippen MR) is 91.8 cm³/mol. The number of hydrogen-bond donors (Lipinski definition) is 1. The van der Waals surface area contributed by atoms with E-state index in [2.05, 4.69) is 64.6 Å². The third kappa shape index (κ3) is 5.98. The minimum Gasteiger partial charge on any atom is -0.366 e. The lowest BCUT2D eigenvalue weighted by molar-refractivity contribution is 0.537. The Morgan fingerprint density at radius 3 is 2.62 bits per heavy atom. The van der Waals surface area contributed by atoms with Gasteiger partial charge in [0.15, 0.2) is 5.84 Å². The highest BCUT2D eigenvalue weighted by Gasteiger charge is 2.09. The van der Waals surface area contributed by atoms with Gasteiger partial charge in [-0.05, 0) is 31.8 Å². The lowest BCUT2D eigenvalue weighted by Crippen LogP contribution is -2.13. The van der Waals surface area contributed by atoms with Crippen molar-refractivity contribution in [3.05, 3.63) is 36.7 Å². The highest BCUT2D eigenvalue weighted by molar-refractivity contribution is 5.94. The molecule has 0 aromatic carbocycles. The molecule has 1 heterocycles. The fourth-order valence-corrected chi connectivity index (χ4v) is 1.88. The lowest BCUT2D eigenvalue weighted by Gasteiger charge is -2.14. The molecule has 0 aliphatic rings. The van der Waals surface area contributed by atoms with Crippen molar-refractivity contribution >= 4 is 11.7 Å². The van der Waals surface area contributed by atoms with Crippen molar-refractivity contribution < 1.29 is 0 Å². The van der Waals surface area contributed by atoms with Crippen molar-refractivity contribution in [1.29, 1.82) is 0 Å². The van der Waals surface area contributed by atoms with Crippen LogP contribution in [0, 0.1) is 5.41 Å². The van der Waals surface area contributed by atoms with Gasteiger partial charge in [0.1, 0.15) is 5.82 Å². The van der Waals surface area contributed by atoms with E-state index in [-0.39, 0.29) is 5.41 Å². The van der Waals surface area contributed by atoms with Gasteiger partial charge >= 0.3 is 0 Å². The SMILES string of the molecule is C=CC(=N/C(=C/C(C)(C)C)CC)n1ccc(NC(C)C)n1. The molecular weight excluding hydrogens is 260 g/mol. The quantitative estimate of drug-likeness (QED) is 0.641. The van der Waals surface area contributed by atoms with Crippen LogP contribution in [0.15, 0.2) is 41.7 Å². The Hall–Kier alpha value is -1.84. The number of anilines is 1. The molecule has 1 aromatic rings. The van der Waals surface area contributed by atoms with Crippen LogP contribution in [0.2, 0.25) is 0 Å². The van der Waals surface area contributed by atoms with E-state index in [1.54, 1.807) is 10.8 Å². The summed E-state index contributed by atoms with van der Waals surface area (Å²) in [6, 6.07) is 2.29. The zero-order chi connectivity index (χ0) is 16.0. The van der Waals surface area contributed by atoms with E-state index in [1.807, 2.05) is 12.3 Å². The first kappa shape index (κ1) is 17.2. The van der Waals surface area contributed by atoms with Crippen LogP contribution < -0.4 is 5.32 Å². The first-order valence-corrected chi connectivity index (χ1v) is 7.50. The summed E-state index contributed by atoms with van der Waals surface area (Å²) in [5.74, 6) is 1.58. The molecule has 1 aromatic heterocycles. The average molecular weight is 288 g/mol. The molecule has 0 bridgehead atoms. The Labute approximate surface area is 128 Å². The van der Waals surface area contributed by atoms with Crippen molar-refractivity contribution in [2.45, 2.75) is 54.0 Å². The maximum Gasteiger partial charge on any atom is 0.153 e. The second kappa shape index (κ2) is 7.25. The molecule has 4 heteroatoms. The molecule has 0 atom stereocenters. The third-order valence-electron chi connectivity index (χ3n) is 2.66. The van der Waals surface area contributed by atoms with Gasteiger partial charge in [0.05, 0.1) is 0 Å². The Kier molecular flexibility index (Phi) is 5.94. The second-order valence-electron chi connectivity index (χ2n) is 6.47. The molecule has 21 heavy (non-hydrogen) atoms. The maximum absolute atomic E-state index is 4.69. The number of allylic oxidation sites excluding steroid dienone is 3. The Balaban J connectivity index is 3.06. The van der Waals surface area contributed by atoms with Crippen LogP contribution in [0.5, 0.6) is 0 Å². The van der Waals surface area contributed by atoms with Gasteiger partial charge in [0.25, 0.3) is 0 Å². The molecule has 116 valence electrons. The lowest BCUT2D eigenvalue weighted by atomic mass is 9.95. The summed E-state index contributed by atoms with van der Waals surface area (Å²) in [4.78, 5) is 4.69. The topological polar surface area (TPSA) is 42.2 Å². The zero-order valence-corrected chi connectivity index (χ0v) is 14.1. The van der Waals surface area contributed by atoms with Crippen LogP contribution in [-0.4, -0.2) is 21.7 Å². The van der Waals surface area contributed by atoms with Gasteiger partial charge in [0.2, 0.25) is 0 Å². The average Bonchev–Trinajstić information content (AvgIpc) is 2.80. The number of hydrogen-bond acceptors (Lipinski definition) is 3. The van der Waals surface area contributed by atoms with Crippen LogP contribution in [0.4, 0.5) is 5.82 Å². The molecule has 1 rings (SSSR count). The molecule has 0 fully saturated rings. The molecule has 0 aliphatic heterocycles. The van der Waals surface area contributed by atoms with E-state index in [1.165, 1.54) is 0 Å². The van der Waals surface area contributed by atoms with Gasteiger partial charge in [-0.15, -0.1) is 5.10 Å². The van der Waals surface area contributed by atoms with Gasteiger partial charge in [-0.3, -0.25) is 0 Å². The van der Waals surface area contributed by atoms with Crippen LogP contribution in [-0.2, 0) is 0 Å². The van der Waals surface area contributed by atoms with Gasteiger partial charge in [-0.1, -0.05) is 40.3 Å². The van der Waals surface area contributed by atoms with Crippen LogP contribution in [0.3, 0.4) is 0 Å². The van der Waals surface area contributed by atoms with Crippen LogP contribution >= 0.6 is 0 Å². The normalized spacial score (nSPS) is 13.7. The van der Waals surface area contributed by atoms with Crippen molar-refractivity contribution in [1.82, 2.24) is 9.78 Å². The standard InChI is InChI=1S/C17H28N4/c1-8-14(12-17(5,6)7)19-16(9-2)21-11-10-15(20-21)18-13(3)4/h9-13H,2,8H2,1,3-7H3,(H,18,20)/b14-12+,19-16?. The minimum atomic E-state index is 0.107. The Morgan fingerprint density at radius 2 is 2.14 bits per heavy atom. The number of nitrogens with zero attached hydrogens (tertiary/aromatic N) is 3. The van der Waals surface area contributed by atoms with Crippen LogP contribution in [0.25, 0.3) is 0 Å². The van der Waals surface area contributed by atoms with E-state index in [9.17, 15) is 0 Å². The molecule has 0 aliphatic carbocycles. The number of aliphatic imine (C=N–C) groups is 1. The maximum atomic E-state index is 4.69. The largest absolute Gasteiger partial charge is 0.366 e. The zero-order valence-electron chi connectivity index (χ0n) is 14.1. The second-order valence-corrected chi connectivity index (χ2v) is 6.47. The van der Waals surface area contributed by atoms with Crippen molar-refractivity contribution in [2.75, 3.05) is 5.32 Å². The molecule has 0 amide bonds. The van der Waals surface area contributed by atoms with E-state index in [0.717, 1.165) is 23.8 Å². The van der Waals surface area contributed by atoms with E-state index < -0.39 is 0 Å². The van der Waals surface area contributed by atoms with E-state index in [4.69, 9.17) is 4.99 Å². The fourth-order valence-electron chi connectivity index (χ4n) is 1.88. The third-order valence-corrected chi connectivity index (χ3v) is 2.66. The summed E-state index contributed by atoms with van der Waals surface area (Å²) in [6.07, 6.45) is 6.70. The number of aromatic nitrogens is 2. The summed E-state index contributed by atoms with van der Waals surface area (Å²) >= 11 is 0. The van der Waals surface area contributed by atoms with Gasteiger partial charge in [-0.25, -0.2) is 9.67 Å². The summed E-state index contributed by atoms with van der Waals surface area (Å²) in [6.45, 7) is 16.6. The predicted octanol–water partition coefficient (Wildman–Crippen LogP) is 4.48. The minimum absolute atomic E-state index is 0.107. The van der Waals surface area contributed by atoms with Crippen molar-refractivity contribution in [2.24, 2.45) is 10.4 Å². The number of nitrogens with one attached hydrogen (secondary N) is 1. The van der Waals surface area contributed by atoms with E-state index in [0.29, 0.717) is 6.04 Å². The first-order chi connectivity index (χ1) is 9.75. The summed E-state index contributed by atoms with van der Waals surface area (Å²) in [7, 11) is 0. The van der Waals surface area contributed by atoms with Gasteiger partial charge in [-0.2, -0.15) is 0 Å². The molecule has 0 saturated heterocycles. The molecule has 0 radical (unpaired) electrons. The first-order valence-electron chi connectivity index (χ1n) is 7.50. The molecule has 0 spiro atoms. The smallest absolute Gasteiger partial charge is 0.153 e. The summed E-state index contributed by atoms with van der Waals surface area (Å²) in [5.41, 5.74) is 1.15. The highest BCUT2D eigenvalue weighted by Crippen LogP contribution is 2.20. The summed E-state index contributed by atoms with van der Waals surface area (Å²) < 4.78 is 1.75. The van der Waals surface area contributed by atoms with Crippen LogP contribution in [0.1, 0.15) is 48.0 Å². The van der Waals surface area contributed by atoms with E-state index >= 15 is 0 Å². The Morgan fingerprint density at radius 1 is 1.48 bits per heavy atom. The van der Waals surface area contributed by atoms with Crippen molar-refractivity contribution in [3.63, 3.8) is 0 Å². The summed E-state index contributed by atoms with van der Waals surface area (Å²) in [5, 5.41) is 7.76. The molecule has 0 saturated carbocycles. The highest BCUT2D eigenvalue weighted by atomic mass is 15.3. The number of rotatable bonds is 5. The molecular formula is C17H28N4. The van der Waals surface area contributed by atoms with Gasteiger partial charge < -0.3 is 5.32 Å². The van der Waals surface area contributed by atoms with Crippen molar-refractivity contribution in [3.8, 4) is 0 Å².